The first kappa shape index (κ1) is 12.5. The van der Waals surface area contributed by atoms with Gasteiger partial charge < -0.3 is 5.11 Å². The van der Waals surface area contributed by atoms with Gasteiger partial charge >= 0.3 is 0 Å². The molecule has 96 valence electrons. The number of amides is 2. The average Bonchev–Trinajstić information content (AvgIpc) is 2.46. The lowest BCUT2D eigenvalue weighted by molar-refractivity contribution is 0.0842. The molecule has 0 saturated heterocycles. The standard InChI is InChI=1S/C12H10N4O3/c17-10-4-2-1-3-8(10)11(18)15-16-12(19)9-7-13-5-6-14-9/h1-7,17H,(H,15,18)(H,16,19). The van der Waals surface area contributed by atoms with E-state index < -0.39 is 11.8 Å². The number of aromatic nitrogens is 2. The quantitative estimate of drug-likeness (QED) is 0.670. The van der Waals surface area contributed by atoms with Gasteiger partial charge in [-0.3, -0.25) is 25.4 Å². The Hall–Kier alpha value is -2.96. The third-order valence-electron chi connectivity index (χ3n) is 2.23. The first-order valence-corrected chi connectivity index (χ1v) is 5.33. The van der Waals surface area contributed by atoms with Gasteiger partial charge in [0.05, 0.1) is 11.8 Å². The van der Waals surface area contributed by atoms with Gasteiger partial charge in [0.1, 0.15) is 11.4 Å². The monoisotopic (exact) mass is 258 g/mol. The molecule has 2 amide bonds. The number of hydrogen-bond acceptors (Lipinski definition) is 5. The van der Waals surface area contributed by atoms with Gasteiger partial charge in [0.25, 0.3) is 11.8 Å². The van der Waals surface area contributed by atoms with Crippen LogP contribution in [0.1, 0.15) is 20.8 Å². The van der Waals surface area contributed by atoms with E-state index in [1.165, 1.54) is 30.7 Å². The normalized spacial score (nSPS) is 9.68. The molecule has 7 heteroatoms. The maximum Gasteiger partial charge on any atom is 0.289 e. The molecule has 0 bridgehead atoms. The molecule has 1 aromatic carbocycles. The lowest BCUT2D eigenvalue weighted by Crippen LogP contribution is -2.42. The van der Waals surface area contributed by atoms with Crippen molar-refractivity contribution in [1.82, 2.24) is 20.8 Å². The minimum atomic E-state index is -0.629. The number of carbonyl (C=O) groups is 2. The topological polar surface area (TPSA) is 104 Å². The summed E-state index contributed by atoms with van der Waals surface area (Å²) in [7, 11) is 0. The summed E-state index contributed by atoms with van der Waals surface area (Å²) in [6.45, 7) is 0. The van der Waals surface area contributed by atoms with Crippen LogP contribution in [0.3, 0.4) is 0 Å². The summed E-state index contributed by atoms with van der Waals surface area (Å²) in [4.78, 5) is 30.8. The van der Waals surface area contributed by atoms with Gasteiger partial charge in [0.15, 0.2) is 0 Å². The number of hydrogen-bond donors (Lipinski definition) is 3. The molecule has 0 fully saturated rings. The van der Waals surface area contributed by atoms with E-state index in [0.717, 1.165) is 0 Å². The molecule has 0 radical (unpaired) electrons. The Morgan fingerprint density at radius 3 is 2.47 bits per heavy atom. The second-order valence-electron chi connectivity index (χ2n) is 3.52. The summed E-state index contributed by atoms with van der Waals surface area (Å²) in [5.74, 6) is -1.40. The van der Waals surface area contributed by atoms with Gasteiger partial charge in [0, 0.05) is 12.4 Å². The zero-order valence-corrected chi connectivity index (χ0v) is 9.70. The number of carbonyl (C=O) groups excluding carboxylic acids is 2. The fourth-order valence-electron chi connectivity index (χ4n) is 1.33. The molecule has 19 heavy (non-hydrogen) atoms. The number of phenolic OH excluding ortho intramolecular Hbond substituents is 1. The predicted molar refractivity (Wildman–Crippen MR) is 65.1 cm³/mol. The molecular weight excluding hydrogens is 248 g/mol. The summed E-state index contributed by atoms with van der Waals surface area (Å²) in [5.41, 5.74) is 4.47. The Bertz CT molecular complexity index is 601. The van der Waals surface area contributed by atoms with Crippen LogP contribution in [-0.4, -0.2) is 26.9 Å². The van der Waals surface area contributed by atoms with E-state index in [1.54, 1.807) is 12.1 Å². The fraction of sp³-hybridized carbons (Fsp3) is 0. The van der Waals surface area contributed by atoms with Crippen molar-refractivity contribution < 1.29 is 14.7 Å². The highest BCUT2D eigenvalue weighted by molar-refractivity contribution is 5.99. The third kappa shape index (κ3) is 3.03. The van der Waals surface area contributed by atoms with Crippen LogP contribution in [0, 0.1) is 0 Å². The Labute approximate surface area is 108 Å². The molecule has 3 N–H and O–H groups in total. The molecular formula is C12H10N4O3. The first-order chi connectivity index (χ1) is 9.18. The molecule has 1 aromatic heterocycles. The Morgan fingerprint density at radius 1 is 1.05 bits per heavy atom. The van der Waals surface area contributed by atoms with E-state index in [0.29, 0.717) is 0 Å². The van der Waals surface area contributed by atoms with Crippen molar-refractivity contribution in [3.8, 4) is 5.75 Å². The fourth-order valence-corrected chi connectivity index (χ4v) is 1.33. The summed E-state index contributed by atoms with van der Waals surface area (Å²) in [6, 6.07) is 5.99. The van der Waals surface area contributed by atoms with Crippen molar-refractivity contribution in [3.63, 3.8) is 0 Å². The molecule has 0 aliphatic heterocycles. The number of para-hydroxylation sites is 1. The van der Waals surface area contributed by atoms with Crippen molar-refractivity contribution in [2.24, 2.45) is 0 Å². The van der Waals surface area contributed by atoms with Gasteiger partial charge in [-0.2, -0.15) is 0 Å². The maximum atomic E-state index is 11.7. The molecule has 0 spiro atoms. The zero-order chi connectivity index (χ0) is 13.7. The lowest BCUT2D eigenvalue weighted by Gasteiger charge is -2.07. The van der Waals surface area contributed by atoms with Gasteiger partial charge in [-0.15, -0.1) is 0 Å². The van der Waals surface area contributed by atoms with Crippen molar-refractivity contribution in [2.75, 3.05) is 0 Å². The van der Waals surface area contributed by atoms with Crippen LogP contribution in [0.2, 0.25) is 0 Å². The minimum Gasteiger partial charge on any atom is -0.507 e. The number of aromatic hydroxyl groups is 1. The van der Waals surface area contributed by atoms with Crippen molar-refractivity contribution in [3.05, 3.63) is 54.1 Å². The maximum absolute atomic E-state index is 11.7. The predicted octanol–water partition coefficient (Wildman–Crippen LogP) is 0.257. The number of hydrazine groups is 1. The minimum absolute atomic E-state index is 0.0574. The Morgan fingerprint density at radius 2 is 1.79 bits per heavy atom. The smallest absolute Gasteiger partial charge is 0.289 e. The van der Waals surface area contributed by atoms with E-state index in [-0.39, 0.29) is 17.0 Å². The summed E-state index contributed by atoms with van der Waals surface area (Å²) in [6.07, 6.45) is 4.05. The third-order valence-corrected chi connectivity index (χ3v) is 2.23. The van der Waals surface area contributed by atoms with Crippen LogP contribution in [0.15, 0.2) is 42.9 Å². The van der Waals surface area contributed by atoms with Crippen LogP contribution in [0.5, 0.6) is 5.75 Å². The molecule has 2 rings (SSSR count). The van der Waals surface area contributed by atoms with Gasteiger partial charge in [-0.1, -0.05) is 12.1 Å². The van der Waals surface area contributed by atoms with Crippen LogP contribution in [0.4, 0.5) is 0 Å². The highest BCUT2D eigenvalue weighted by atomic mass is 16.3. The molecule has 1 heterocycles. The highest BCUT2D eigenvalue weighted by Crippen LogP contribution is 2.14. The van der Waals surface area contributed by atoms with Gasteiger partial charge in [-0.05, 0) is 12.1 Å². The lowest BCUT2D eigenvalue weighted by atomic mass is 10.2. The highest BCUT2D eigenvalue weighted by Gasteiger charge is 2.12. The Kier molecular flexibility index (Phi) is 3.67. The summed E-state index contributed by atoms with van der Waals surface area (Å²) >= 11 is 0. The van der Waals surface area contributed by atoms with Crippen LogP contribution >= 0.6 is 0 Å². The molecule has 0 unspecified atom stereocenters. The van der Waals surface area contributed by atoms with Crippen LogP contribution < -0.4 is 10.9 Å². The number of rotatable bonds is 2. The average molecular weight is 258 g/mol. The first-order valence-electron chi connectivity index (χ1n) is 5.33. The van der Waals surface area contributed by atoms with Crippen molar-refractivity contribution >= 4 is 11.8 Å². The van der Waals surface area contributed by atoms with E-state index in [1.807, 2.05) is 0 Å². The number of phenols is 1. The van der Waals surface area contributed by atoms with Crippen LogP contribution in [0.25, 0.3) is 0 Å². The van der Waals surface area contributed by atoms with E-state index in [2.05, 4.69) is 20.8 Å². The van der Waals surface area contributed by atoms with Gasteiger partial charge in [-0.25, -0.2) is 4.98 Å². The van der Waals surface area contributed by atoms with E-state index in [4.69, 9.17) is 0 Å². The largest absolute Gasteiger partial charge is 0.507 e. The number of nitrogens with one attached hydrogen (secondary N) is 2. The summed E-state index contributed by atoms with van der Waals surface area (Å²) in [5, 5.41) is 9.47. The molecule has 2 aromatic rings. The molecule has 0 aliphatic carbocycles. The van der Waals surface area contributed by atoms with E-state index in [9.17, 15) is 14.7 Å². The van der Waals surface area contributed by atoms with E-state index >= 15 is 0 Å². The Balaban J connectivity index is 1.98. The zero-order valence-electron chi connectivity index (χ0n) is 9.70. The number of nitrogens with zero attached hydrogens (tertiary/aromatic N) is 2. The molecule has 0 atom stereocenters. The number of benzene rings is 1. The van der Waals surface area contributed by atoms with Crippen LogP contribution in [-0.2, 0) is 0 Å². The van der Waals surface area contributed by atoms with Gasteiger partial charge in [0.2, 0.25) is 0 Å². The van der Waals surface area contributed by atoms with Crippen molar-refractivity contribution in [2.45, 2.75) is 0 Å². The molecule has 7 nitrogen and oxygen atoms in total. The second kappa shape index (κ2) is 5.58. The molecule has 0 saturated carbocycles. The molecule has 0 aliphatic rings. The summed E-state index contributed by atoms with van der Waals surface area (Å²) < 4.78 is 0. The second-order valence-corrected chi connectivity index (χ2v) is 3.52. The van der Waals surface area contributed by atoms with Crippen molar-refractivity contribution in [1.29, 1.82) is 0 Å². The SMILES string of the molecule is O=C(NNC(=O)c1ccccc1O)c1cnccn1.